The smallest absolute Gasteiger partial charge is 0.222 e. The molecule has 1 aliphatic rings. The maximum atomic E-state index is 5.99. The summed E-state index contributed by atoms with van der Waals surface area (Å²) in [6.45, 7) is 11.4. The van der Waals surface area contributed by atoms with Crippen LogP contribution in [0.3, 0.4) is 0 Å². The van der Waals surface area contributed by atoms with E-state index in [1.54, 1.807) is 0 Å². The first-order valence-electron chi connectivity index (χ1n) is 8.84. The van der Waals surface area contributed by atoms with Crippen molar-refractivity contribution < 1.29 is 13.7 Å². The molecule has 1 saturated heterocycles. The van der Waals surface area contributed by atoms with Crippen LogP contribution in [0.5, 0.6) is 0 Å². The molecule has 2 aromatic heterocycles. The molecular weight excluding hydrogens is 306 g/mol. The van der Waals surface area contributed by atoms with E-state index in [2.05, 4.69) is 50.0 Å². The van der Waals surface area contributed by atoms with Crippen molar-refractivity contribution in [3.05, 3.63) is 28.8 Å². The Morgan fingerprint density at radius 1 is 1.12 bits per heavy atom. The summed E-state index contributed by atoms with van der Waals surface area (Å²) in [5.74, 6) is 2.39. The lowest BCUT2D eigenvalue weighted by atomic mass is 9.81. The van der Waals surface area contributed by atoms with Gasteiger partial charge in [0.05, 0.1) is 24.1 Å². The largest absolute Gasteiger partial charge is 0.425 e. The van der Waals surface area contributed by atoms with E-state index in [9.17, 15) is 0 Å². The third-order valence-electron chi connectivity index (χ3n) is 4.68. The van der Waals surface area contributed by atoms with Gasteiger partial charge in [0.1, 0.15) is 5.76 Å². The number of aromatic nitrogens is 3. The summed E-state index contributed by atoms with van der Waals surface area (Å²) in [4.78, 5) is 0. The molecule has 3 rings (SSSR count). The Morgan fingerprint density at radius 3 is 2.58 bits per heavy atom. The highest BCUT2D eigenvalue weighted by molar-refractivity contribution is 5.26. The second kappa shape index (κ2) is 6.67. The van der Waals surface area contributed by atoms with Gasteiger partial charge in [-0.2, -0.15) is 0 Å². The molecule has 0 bridgehead atoms. The quantitative estimate of drug-likeness (QED) is 0.831. The zero-order chi connectivity index (χ0) is 17.3. The molecule has 132 valence electrons. The van der Waals surface area contributed by atoms with Gasteiger partial charge in [0, 0.05) is 18.6 Å². The minimum Gasteiger partial charge on any atom is -0.425 e. The third-order valence-corrected chi connectivity index (χ3v) is 4.68. The van der Waals surface area contributed by atoms with Crippen LogP contribution < -0.4 is 0 Å². The average molecular weight is 333 g/mol. The van der Waals surface area contributed by atoms with E-state index in [-0.39, 0.29) is 17.4 Å². The first kappa shape index (κ1) is 17.1. The number of nitrogens with zero attached hydrogens (tertiary/aromatic N) is 3. The van der Waals surface area contributed by atoms with Crippen LogP contribution >= 0.6 is 0 Å². The Hall–Kier alpha value is -1.69. The van der Waals surface area contributed by atoms with Crippen LogP contribution in [-0.4, -0.2) is 28.1 Å². The summed E-state index contributed by atoms with van der Waals surface area (Å²) < 4.78 is 17.3. The summed E-state index contributed by atoms with van der Waals surface area (Å²) in [7, 11) is 0. The highest BCUT2D eigenvalue weighted by atomic mass is 16.5. The number of ether oxygens (including phenoxy) is 1. The topological polar surface area (TPSA) is 74.2 Å². The maximum Gasteiger partial charge on any atom is 0.222 e. The molecule has 2 aromatic rings. The minimum absolute atomic E-state index is 0.0506. The van der Waals surface area contributed by atoms with Crippen LogP contribution in [0, 0.1) is 5.41 Å². The zero-order valence-corrected chi connectivity index (χ0v) is 15.3. The minimum atomic E-state index is 0.0506. The highest BCUT2D eigenvalue weighted by Gasteiger charge is 2.41. The Balaban J connectivity index is 1.80. The Labute approximate surface area is 143 Å². The number of aryl methyl sites for hydroxylation is 2. The van der Waals surface area contributed by atoms with E-state index in [0.29, 0.717) is 18.2 Å². The van der Waals surface area contributed by atoms with Crippen molar-refractivity contribution in [3.63, 3.8) is 0 Å². The molecule has 0 amide bonds. The molecule has 0 N–H and O–H groups in total. The number of rotatable bonds is 5. The van der Waals surface area contributed by atoms with Gasteiger partial charge in [-0.3, -0.25) is 0 Å². The van der Waals surface area contributed by atoms with Crippen LogP contribution in [0.4, 0.5) is 0 Å². The molecule has 1 aliphatic heterocycles. The van der Waals surface area contributed by atoms with Gasteiger partial charge in [-0.25, -0.2) is 0 Å². The van der Waals surface area contributed by atoms with Crippen molar-refractivity contribution in [1.82, 2.24) is 15.4 Å². The summed E-state index contributed by atoms with van der Waals surface area (Å²) >= 11 is 0. The normalized spacial score (nSPS) is 21.5. The van der Waals surface area contributed by atoms with E-state index in [1.807, 2.05) is 0 Å². The Bertz CT molecular complexity index is 662. The lowest BCUT2D eigenvalue weighted by Gasteiger charge is -2.29. The fourth-order valence-electron chi connectivity index (χ4n) is 3.47. The average Bonchev–Trinajstić information content (AvgIpc) is 3.25. The fourth-order valence-corrected chi connectivity index (χ4v) is 3.47. The molecule has 0 aliphatic carbocycles. The Kier molecular flexibility index (Phi) is 4.76. The molecule has 0 unspecified atom stereocenters. The van der Waals surface area contributed by atoms with Crippen molar-refractivity contribution in [2.24, 2.45) is 5.41 Å². The monoisotopic (exact) mass is 333 g/mol. The van der Waals surface area contributed by atoms with Gasteiger partial charge >= 0.3 is 0 Å². The van der Waals surface area contributed by atoms with E-state index in [4.69, 9.17) is 13.7 Å². The second-order valence-corrected chi connectivity index (χ2v) is 7.50. The van der Waals surface area contributed by atoms with E-state index in [0.717, 1.165) is 42.9 Å². The zero-order valence-electron chi connectivity index (χ0n) is 15.3. The number of hydrogen-bond acceptors (Lipinski definition) is 6. The molecule has 0 radical (unpaired) electrons. The summed E-state index contributed by atoms with van der Waals surface area (Å²) in [5.41, 5.74) is 2.11. The molecule has 6 nitrogen and oxygen atoms in total. The van der Waals surface area contributed by atoms with Gasteiger partial charge < -0.3 is 13.7 Å². The van der Waals surface area contributed by atoms with Gasteiger partial charge in [-0.15, -0.1) is 10.2 Å². The van der Waals surface area contributed by atoms with Crippen molar-refractivity contribution in [2.45, 2.75) is 72.3 Å². The summed E-state index contributed by atoms with van der Waals surface area (Å²) in [6.07, 6.45) is 3.26. The molecule has 24 heavy (non-hydrogen) atoms. The molecule has 3 heterocycles. The Morgan fingerprint density at radius 2 is 1.92 bits per heavy atom. The molecule has 1 fully saturated rings. The van der Waals surface area contributed by atoms with Gasteiger partial charge in [-0.05, 0) is 18.3 Å². The van der Waals surface area contributed by atoms with Crippen LogP contribution in [0.15, 0.2) is 8.94 Å². The highest BCUT2D eigenvalue weighted by Crippen LogP contribution is 2.40. The van der Waals surface area contributed by atoms with E-state index in [1.165, 1.54) is 0 Å². The first-order chi connectivity index (χ1) is 11.4. The van der Waals surface area contributed by atoms with E-state index < -0.39 is 0 Å². The van der Waals surface area contributed by atoms with Gasteiger partial charge in [0.15, 0.2) is 0 Å². The summed E-state index contributed by atoms with van der Waals surface area (Å²) in [6, 6.07) is 0. The van der Waals surface area contributed by atoms with Crippen LogP contribution in [-0.2, 0) is 24.0 Å². The predicted octanol–water partition coefficient (Wildman–Crippen LogP) is 3.69. The molecular formula is C18H27N3O3. The predicted molar refractivity (Wildman–Crippen MR) is 88.9 cm³/mol. The molecule has 0 aromatic carbocycles. The number of hydrogen-bond donors (Lipinski definition) is 0. The fraction of sp³-hybridized carbons (Fsp3) is 0.722. The summed E-state index contributed by atoms with van der Waals surface area (Å²) in [5, 5.41) is 12.7. The maximum absolute atomic E-state index is 5.99. The molecule has 0 saturated carbocycles. The first-order valence-corrected chi connectivity index (χ1v) is 8.84. The van der Waals surface area contributed by atoms with Crippen molar-refractivity contribution in [2.75, 3.05) is 6.61 Å². The lowest BCUT2D eigenvalue weighted by molar-refractivity contribution is 0.0170. The van der Waals surface area contributed by atoms with Crippen LogP contribution in [0.25, 0.3) is 0 Å². The van der Waals surface area contributed by atoms with Gasteiger partial charge in [-0.1, -0.05) is 39.8 Å². The van der Waals surface area contributed by atoms with E-state index >= 15 is 0 Å². The van der Waals surface area contributed by atoms with Crippen molar-refractivity contribution >= 4 is 0 Å². The van der Waals surface area contributed by atoms with Crippen molar-refractivity contribution in [3.8, 4) is 0 Å². The standard InChI is InChI=1S/C18H27N3O3/c1-6-13-12(14(7-2)24-21-13)10-15-19-20-17(23-15)11-8-9-22-16(11)18(3,4)5/h11,16H,6-10H2,1-5H3/t11-,16-/m0/s1. The van der Waals surface area contributed by atoms with Gasteiger partial charge in [0.25, 0.3) is 0 Å². The van der Waals surface area contributed by atoms with Crippen LogP contribution in [0.1, 0.15) is 75.8 Å². The molecule has 2 atom stereocenters. The molecule has 6 heteroatoms. The second-order valence-electron chi connectivity index (χ2n) is 7.50. The lowest BCUT2D eigenvalue weighted by Crippen LogP contribution is -2.30. The molecule has 0 spiro atoms. The van der Waals surface area contributed by atoms with Gasteiger partial charge in [0.2, 0.25) is 11.8 Å². The van der Waals surface area contributed by atoms with Crippen molar-refractivity contribution in [1.29, 1.82) is 0 Å². The SMILES string of the molecule is CCc1noc(CC)c1Cc1nnc([C@H]2CCO[C@@H]2C(C)(C)C)o1. The van der Waals surface area contributed by atoms with Crippen LogP contribution in [0.2, 0.25) is 0 Å². The third kappa shape index (κ3) is 3.24.